The maximum Gasteiger partial charge on any atom is 0.159 e. The molecule has 0 amide bonds. The van der Waals surface area contributed by atoms with Crippen LogP contribution in [0.5, 0.6) is 57.5 Å². The first kappa shape index (κ1) is 102. The molecule has 696 valence electrons. The minimum atomic E-state index is -0.000146. The monoisotopic (exact) mass is 1780 g/mol. The van der Waals surface area contributed by atoms with E-state index in [-0.39, 0.29) is 16.2 Å². The van der Waals surface area contributed by atoms with Gasteiger partial charge in [-0.1, -0.05) is 374 Å². The van der Waals surface area contributed by atoms with E-state index in [1.54, 1.807) is 0 Å². The average Bonchev–Trinajstić information content (AvgIpc) is 1.55. The second kappa shape index (κ2) is 46.1. The molecule has 0 unspecified atom stereocenters. The van der Waals surface area contributed by atoms with Crippen LogP contribution >= 0.6 is 0 Å². The van der Waals surface area contributed by atoms with Crippen molar-refractivity contribution >= 4 is 89.2 Å². The van der Waals surface area contributed by atoms with Crippen LogP contribution in [0.25, 0.3) is 65.7 Å². The summed E-state index contributed by atoms with van der Waals surface area (Å²) < 4.78 is 31.0. The van der Waals surface area contributed by atoms with Crippen molar-refractivity contribution in [3.8, 4) is 90.9 Å². The molecule has 0 bridgehead atoms. The van der Waals surface area contributed by atoms with Gasteiger partial charge in [-0.25, -0.2) is 0 Å². The normalized spacial score (nSPS) is 13.0. The molecular formula is C124H145N5O5. The van der Waals surface area contributed by atoms with Crippen LogP contribution < -0.4 is 48.2 Å². The zero-order valence-corrected chi connectivity index (χ0v) is 85.8. The van der Waals surface area contributed by atoms with Crippen LogP contribution in [0.3, 0.4) is 0 Å². The van der Waals surface area contributed by atoms with Crippen LogP contribution in [0, 0.1) is 0 Å². The van der Waals surface area contributed by atoms with Gasteiger partial charge < -0.3 is 48.2 Å². The predicted octanol–water partition coefficient (Wildman–Crippen LogP) is 38.4. The Balaban J connectivity index is 0.000000166. The quantitative estimate of drug-likeness (QED) is 0.137. The van der Waals surface area contributed by atoms with Crippen molar-refractivity contribution < 1.29 is 23.7 Å². The fourth-order valence-electron chi connectivity index (χ4n) is 18.5. The molecule has 0 N–H and O–H groups in total. The van der Waals surface area contributed by atoms with Gasteiger partial charge >= 0.3 is 0 Å². The number of anilines is 10. The lowest BCUT2D eigenvalue weighted by atomic mass is 9.82. The van der Waals surface area contributed by atoms with E-state index in [9.17, 15) is 0 Å². The maximum absolute atomic E-state index is 6.40. The van der Waals surface area contributed by atoms with E-state index in [1.165, 1.54) is 99.1 Å². The number of rotatable bonds is 0. The van der Waals surface area contributed by atoms with Crippen molar-refractivity contribution in [2.45, 2.75) is 196 Å². The summed E-state index contributed by atoms with van der Waals surface area (Å²) in [7, 11) is 10.5. The molecule has 0 aromatic heterocycles. The van der Waals surface area contributed by atoms with Crippen LogP contribution in [0.2, 0.25) is 0 Å². The third-order valence-corrected chi connectivity index (χ3v) is 24.7. The number of fused-ring (bicyclic) bond motifs is 24. The fraction of sp³-hybridized carbons (Fsp3) is 0.274. The van der Waals surface area contributed by atoms with Crippen molar-refractivity contribution in [2.75, 3.05) is 59.7 Å². The van der Waals surface area contributed by atoms with Gasteiger partial charge in [0.25, 0.3) is 0 Å². The first-order valence-electron chi connectivity index (χ1n) is 49.2. The third kappa shape index (κ3) is 19.3. The number of hydrogen-bond acceptors (Lipinski definition) is 10. The molecule has 0 radical (unpaired) electrons. The molecule has 5 heterocycles. The molecule has 10 heteroatoms. The molecular weight excluding hydrogens is 1640 g/mol. The topological polar surface area (TPSA) is 62.3 Å². The number of ether oxygens (including phenoxy) is 5. The summed E-state index contributed by atoms with van der Waals surface area (Å²) in [4.78, 5) is 11.1. The summed E-state index contributed by atoms with van der Waals surface area (Å²) in [5, 5.41) is 7.41. The van der Waals surface area contributed by atoms with Gasteiger partial charge in [0.05, 0.1) is 56.9 Å². The molecule has 10 nitrogen and oxygen atoms in total. The summed E-state index contributed by atoms with van der Waals surface area (Å²) in [6.07, 6.45) is 0. The molecule has 24 rings (SSSR count). The van der Waals surface area contributed by atoms with Gasteiger partial charge in [0, 0.05) is 62.4 Å². The van der Waals surface area contributed by atoms with Crippen molar-refractivity contribution in [3.63, 3.8) is 0 Å². The van der Waals surface area contributed by atoms with Crippen LogP contribution in [0.15, 0.2) is 315 Å². The smallest absolute Gasteiger partial charge is 0.159 e. The molecule has 0 fully saturated rings. The fourth-order valence-corrected chi connectivity index (χ4v) is 18.5. The summed E-state index contributed by atoms with van der Waals surface area (Å²) >= 11 is 0. The first-order chi connectivity index (χ1) is 65.4. The number of para-hydroxylation sites is 10. The minimum Gasteiger partial charge on any atom is -0.453 e. The molecule has 0 saturated heterocycles. The van der Waals surface area contributed by atoms with Gasteiger partial charge in [0.15, 0.2) is 57.5 Å². The molecule has 0 atom stereocenters. The van der Waals surface area contributed by atoms with Crippen molar-refractivity contribution in [3.05, 3.63) is 349 Å². The molecule has 0 spiro atoms. The van der Waals surface area contributed by atoms with Crippen LogP contribution in [-0.2, 0) is 16.2 Å². The molecule has 5 aliphatic heterocycles. The highest BCUT2D eigenvalue weighted by molar-refractivity contribution is 6.03. The molecule has 0 saturated carbocycles. The first-order valence-corrected chi connectivity index (χ1v) is 49.2. The Kier molecular flexibility index (Phi) is 35.2. The highest BCUT2D eigenvalue weighted by Crippen LogP contribution is 2.61. The van der Waals surface area contributed by atoms with E-state index in [0.29, 0.717) is 0 Å². The summed E-state index contributed by atoms with van der Waals surface area (Å²) in [6.45, 7) is 53.8. The summed E-state index contributed by atoms with van der Waals surface area (Å²) in [5.41, 5.74) is 27.2. The molecule has 16 aromatic carbocycles. The lowest BCUT2D eigenvalue weighted by molar-refractivity contribution is 0.473. The Morgan fingerprint density at radius 2 is 0.493 bits per heavy atom. The van der Waals surface area contributed by atoms with Gasteiger partial charge in [0.1, 0.15) is 0 Å². The number of hydrogen-bond donors (Lipinski definition) is 0. The van der Waals surface area contributed by atoms with Gasteiger partial charge in [-0.3, -0.25) is 0 Å². The second-order valence-corrected chi connectivity index (χ2v) is 32.2. The van der Waals surface area contributed by atoms with Crippen molar-refractivity contribution in [1.82, 2.24) is 0 Å². The average molecular weight is 1790 g/mol. The molecule has 3 aliphatic carbocycles. The van der Waals surface area contributed by atoms with E-state index in [4.69, 9.17) is 23.7 Å². The molecule has 16 aromatic rings. The Bertz CT molecular complexity index is 6640. The largest absolute Gasteiger partial charge is 0.453 e. The van der Waals surface area contributed by atoms with E-state index >= 15 is 0 Å². The Morgan fingerprint density at radius 3 is 0.955 bits per heavy atom. The summed E-state index contributed by atoms with van der Waals surface area (Å²) in [5.74, 6) is 9.25. The number of benzene rings is 16. The second-order valence-electron chi connectivity index (χ2n) is 32.2. The van der Waals surface area contributed by atoms with Crippen LogP contribution in [0.4, 0.5) is 56.9 Å². The van der Waals surface area contributed by atoms with Crippen LogP contribution in [-0.4, -0.2) is 35.2 Å². The van der Waals surface area contributed by atoms with Gasteiger partial charge in [0.2, 0.25) is 0 Å². The zero-order chi connectivity index (χ0) is 97.6. The van der Waals surface area contributed by atoms with Crippen LogP contribution in [0.1, 0.15) is 213 Å². The van der Waals surface area contributed by atoms with Gasteiger partial charge in [-0.05, 0) is 209 Å². The minimum absolute atomic E-state index is 0.000146. The van der Waals surface area contributed by atoms with Crippen molar-refractivity contribution in [2.24, 2.45) is 0 Å². The lowest BCUT2D eigenvalue weighted by Crippen LogP contribution is -2.19. The van der Waals surface area contributed by atoms with E-state index in [0.717, 1.165) is 114 Å². The SMILES string of the molecule is CC.CC.CC.CC.CC.CC.CC.CC.CC.CC.CN1c2ccccc2Oc2c1ccc1c2-c2ccccc2C1(C)C.CN1c2ccccc2Oc2cc3c(cc21)-c1ccccc1C3(C)C.CN1c2ccccc2Oc2cc3c(cc21)C(C)(C)c1ccccc1-3.CN1c2ccccc2Oc2cc3cc4ccccc4cc3cc21.CN1c2ccccc2Oc2ccc3ccccc3c21. The van der Waals surface area contributed by atoms with Gasteiger partial charge in [-0.2, -0.15) is 0 Å². The van der Waals surface area contributed by atoms with Crippen molar-refractivity contribution in [1.29, 1.82) is 0 Å². The third-order valence-electron chi connectivity index (χ3n) is 24.7. The predicted molar refractivity (Wildman–Crippen MR) is 584 cm³/mol. The number of nitrogens with zero attached hydrogens (tertiary/aromatic N) is 5. The molecule has 134 heavy (non-hydrogen) atoms. The van der Waals surface area contributed by atoms with E-state index < -0.39 is 0 Å². The maximum atomic E-state index is 6.40. The Labute approximate surface area is 803 Å². The highest BCUT2D eigenvalue weighted by atomic mass is 16.5. The Morgan fingerprint density at radius 1 is 0.179 bits per heavy atom. The molecule has 8 aliphatic rings. The summed E-state index contributed by atoms with van der Waals surface area (Å²) in [6, 6.07) is 110. The van der Waals surface area contributed by atoms with Gasteiger partial charge in [-0.15, -0.1) is 0 Å². The highest BCUT2D eigenvalue weighted by Gasteiger charge is 2.42. The standard InChI is InChI=1S/3C22H19NO.C21H15NO.C17H13NO.10C2H6/c1-22(2)16-9-5-4-8-14(16)15-12-21-19(13-17(15)22)23(3)18-10-6-7-11-20(18)24-21;1-22(2)16-9-5-4-8-14(16)15-12-19-21(13-17(15)22)24-20-11-7-6-10-18(20)23(19)3;1-22(2)15-9-5-4-8-14(15)20-16(22)12-13-18-21(20)24-19-11-7-6-10-17(19)23(18)3;1-22-18-8-4-5-9-20(18)23-21-13-17-11-15-7-3-2-6-14(15)10-16(17)12-19(21)22;1-18-14-8-4-5-9-15(14)19-16-11-10-12-6-2-3-7-13(12)17(16)18;10*1-2/h3*4-13H,1-3H3;2-13H,1H3;2-11H,1H3;10*1-2H3. The Hall–Kier alpha value is -13.7. The van der Waals surface area contributed by atoms with E-state index in [2.05, 4.69) is 338 Å². The zero-order valence-electron chi connectivity index (χ0n) is 85.8. The van der Waals surface area contributed by atoms with E-state index in [1.807, 2.05) is 217 Å². The lowest BCUT2D eigenvalue weighted by Gasteiger charge is -2.31.